The van der Waals surface area contributed by atoms with E-state index in [1.54, 1.807) is 13.8 Å². The molecular weight excluding hydrogens is 350 g/mol. The summed E-state index contributed by atoms with van der Waals surface area (Å²) in [4.78, 5) is 48.7. The Morgan fingerprint density at radius 1 is 1.30 bits per heavy atom. The van der Waals surface area contributed by atoms with E-state index in [0.29, 0.717) is 0 Å². The van der Waals surface area contributed by atoms with Gasteiger partial charge in [0.05, 0.1) is 6.04 Å². The molecule has 144 valence electrons. The number of ether oxygens (including phenoxy) is 1. The van der Waals surface area contributed by atoms with Crippen LogP contribution in [-0.4, -0.2) is 47.4 Å². The number of nitrogens with zero attached hydrogens (tertiary/aromatic N) is 1. The van der Waals surface area contributed by atoms with Crippen molar-refractivity contribution in [2.24, 2.45) is 0 Å². The van der Waals surface area contributed by atoms with Crippen molar-refractivity contribution in [3.05, 3.63) is 35.4 Å². The monoisotopic (exact) mass is 373 g/mol. The van der Waals surface area contributed by atoms with Crippen LogP contribution < -0.4 is 10.6 Å². The first kappa shape index (κ1) is 18.9. The van der Waals surface area contributed by atoms with Crippen molar-refractivity contribution in [2.45, 2.75) is 44.7 Å². The van der Waals surface area contributed by atoms with Crippen LogP contribution in [-0.2, 0) is 25.5 Å². The number of carbonyl (C=O) groups is 4. The van der Waals surface area contributed by atoms with Gasteiger partial charge in [0.25, 0.3) is 11.8 Å². The Labute approximate surface area is 157 Å². The molecule has 2 N–H and O–H groups in total. The fraction of sp³-hybridized carbons (Fsp3) is 0.474. The molecule has 27 heavy (non-hydrogen) atoms. The summed E-state index contributed by atoms with van der Waals surface area (Å²) in [6.07, 6.45) is 2.79. The molecule has 1 aliphatic carbocycles. The van der Waals surface area contributed by atoms with Crippen LogP contribution in [0, 0.1) is 0 Å². The van der Waals surface area contributed by atoms with E-state index in [9.17, 15) is 19.2 Å². The van der Waals surface area contributed by atoms with Crippen molar-refractivity contribution in [1.82, 2.24) is 15.5 Å². The van der Waals surface area contributed by atoms with Crippen molar-refractivity contribution in [3.8, 4) is 0 Å². The van der Waals surface area contributed by atoms with Crippen LogP contribution in [0.15, 0.2) is 24.3 Å². The smallest absolute Gasteiger partial charge is 0.326 e. The van der Waals surface area contributed by atoms with Crippen LogP contribution in [0.4, 0.5) is 4.79 Å². The number of hydrogen-bond donors (Lipinski definition) is 2. The molecule has 1 atom stereocenters. The lowest BCUT2D eigenvalue weighted by Gasteiger charge is -2.26. The average molecular weight is 373 g/mol. The SMILES string of the molecule is CC1(C)NC(=O)N(CC(=O)OCC(=O)N[C@@H]2CCCc3ccccc32)C1=O. The molecule has 2 aliphatic rings. The highest BCUT2D eigenvalue weighted by Crippen LogP contribution is 2.29. The first-order chi connectivity index (χ1) is 12.8. The van der Waals surface area contributed by atoms with Crippen LogP contribution >= 0.6 is 0 Å². The van der Waals surface area contributed by atoms with E-state index in [-0.39, 0.29) is 6.04 Å². The molecule has 1 aromatic rings. The first-order valence-corrected chi connectivity index (χ1v) is 8.95. The molecule has 0 spiro atoms. The maximum Gasteiger partial charge on any atom is 0.326 e. The number of benzene rings is 1. The van der Waals surface area contributed by atoms with Crippen LogP contribution in [0.1, 0.15) is 43.9 Å². The zero-order valence-electron chi connectivity index (χ0n) is 15.4. The average Bonchev–Trinajstić information content (AvgIpc) is 2.82. The van der Waals surface area contributed by atoms with Gasteiger partial charge >= 0.3 is 12.0 Å². The Balaban J connectivity index is 1.49. The van der Waals surface area contributed by atoms with Gasteiger partial charge in [-0.1, -0.05) is 24.3 Å². The molecule has 3 rings (SSSR count). The summed E-state index contributed by atoms with van der Waals surface area (Å²) in [7, 11) is 0. The van der Waals surface area contributed by atoms with Gasteiger partial charge in [-0.25, -0.2) is 4.79 Å². The molecule has 0 radical (unpaired) electrons. The van der Waals surface area contributed by atoms with Gasteiger partial charge in [0.1, 0.15) is 12.1 Å². The number of hydrogen-bond acceptors (Lipinski definition) is 5. The Morgan fingerprint density at radius 3 is 2.74 bits per heavy atom. The molecule has 1 heterocycles. The van der Waals surface area contributed by atoms with E-state index in [0.717, 1.165) is 29.7 Å². The van der Waals surface area contributed by atoms with Crippen molar-refractivity contribution in [3.63, 3.8) is 0 Å². The Bertz CT molecular complexity index is 789. The number of carbonyl (C=O) groups excluding carboxylic acids is 4. The number of esters is 1. The van der Waals surface area contributed by atoms with E-state index in [1.165, 1.54) is 5.56 Å². The number of nitrogens with one attached hydrogen (secondary N) is 2. The van der Waals surface area contributed by atoms with Crippen molar-refractivity contribution in [2.75, 3.05) is 13.2 Å². The zero-order valence-corrected chi connectivity index (χ0v) is 15.4. The first-order valence-electron chi connectivity index (χ1n) is 8.95. The minimum absolute atomic E-state index is 0.104. The minimum atomic E-state index is -1.05. The predicted molar refractivity (Wildman–Crippen MR) is 95.5 cm³/mol. The van der Waals surface area contributed by atoms with Gasteiger partial charge in [-0.15, -0.1) is 0 Å². The maximum absolute atomic E-state index is 12.1. The molecule has 8 nitrogen and oxygen atoms in total. The number of imide groups is 1. The molecule has 1 saturated heterocycles. The van der Waals surface area contributed by atoms with Crippen molar-refractivity contribution >= 4 is 23.8 Å². The summed E-state index contributed by atoms with van der Waals surface area (Å²) in [5.41, 5.74) is 1.25. The third kappa shape index (κ3) is 4.10. The van der Waals surface area contributed by atoms with Crippen LogP contribution in [0.25, 0.3) is 0 Å². The molecule has 1 aliphatic heterocycles. The highest BCUT2D eigenvalue weighted by atomic mass is 16.5. The van der Waals surface area contributed by atoms with E-state index >= 15 is 0 Å². The van der Waals surface area contributed by atoms with E-state index < -0.39 is 42.5 Å². The van der Waals surface area contributed by atoms with Crippen LogP contribution in [0.5, 0.6) is 0 Å². The molecule has 0 bridgehead atoms. The topological polar surface area (TPSA) is 105 Å². The third-order valence-corrected chi connectivity index (χ3v) is 4.80. The van der Waals surface area contributed by atoms with Crippen LogP contribution in [0.3, 0.4) is 0 Å². The molecule has 8 heteroatoms. The Hall–Kier alpha value is -2.90. The lowest BCUT2D eigenvalue weighted by Crippen LogP contribution is -2.41. The van der Waals surface area contributed by atoms with Crippen LogP contribution in [0.2, 0.25) is 0 Å². The molecular formula is C19H23N3O5. The number of rotatable bonds is 5. The normalized spacial score (nSPS) is 20.7. The molecule has 4 amide bonds. The van der Waals surface area contributed by atoms with Gasteiger partial charge in [0, 0.05) is 0 Å². The van der Waals surface area contributed by atoms with Gasteiger partial charge in [-0.05, 0) is 44.2 Å². The van der Waals surface area contributed by atoms with Gasteiger partial charge in [0.2, 0.25) is 0 Å². The minimum Gasteiger partial charge on any atom is -0.454 e. The third-order valence-electron chi connectivity index (χ3n) is 4.80. The van der Waals surface area contributed by atoms with E-state index in [2.05, 4.69) is 10.6 Å². The second-order valence-corrected chi connectivity index (χ2v) is 7.32. The van der Waals surface area contributed by atoms with Crippen molar-refractivity contribution < 1.29 is 23.9 Å². The fourth-order valence-corrected chi connectivity index (χ4v) is 3.42. The quantitative estimate of drug-likeness (QED) is 0.593. The largest absolute Gasteiger partial charge is 0.454 e. The maximum atomic E-state index is 12.1. The molecule has 0 unspecified atom stereocenters. The predicted octanol–water partition coefficient (Wildman–Crippen LogP) is 1.05. The fourth-order valence-electron chi connectivity index (χ4n) is 3.42. The Morgan fingerprint density at radius 2 is 2.04 bits per heavy atom. The standard InChI is InChI=1S/C19H23N3O5/c1-19(2)17(25)22(18(26)21-19)10-16(24)27-11-15(23)20-14-9-5-7-12-6-3-4-8-13(12)14/h3-4,6,8,14H,5,7,9-11H2,1-2H3,(H,20,23)(H,21,26)/t14-/m1/s1. The summed E-state index contributed by atoms with van der Waals surface area (Å²) < 4.78 is 4.94. The zero-order chi connectivity index (χ0) is 19.6. The van der Waals surface area contributed by atoms with Gasteiger partial charge < -0.3 is 15.4 Å². The molecule has 1 aromatic carbocycles. The second-order valence-electron chi connectivity index (χ2n) is 7.32. The summed E-state index contributed by atoms with van der Waals surface area (Å²) in [5.74, 6) is -1.73. The Kier molecular flexibility index (Phi) is 5.16. The summed E-state index contributed by atoms with van der Waals surface area (Å²) in [6, 6.07) is 7.20. The van der Waals surface area contributed by atoms with Gasteiger partial charge in [-0.3, -0.25) is 19.3 Å². The summed E-state index contributed by atoms with van der Waals surface area (Å²) in [6.45, 7) is 2.13. The lowest BCUT2D eigenvalue weighted by atomic mass is 9.88. The second kappa shape index (κ2) is 7.38. The number of aryl methyl sites for hydroxylation is 1. The highest BCUT2D eigenvalue weighted by molar-refractivity contribution is 6.08. The van der Waals surface area contributed by atoms with Gasteiger partial charge in [0.15, 0.2) is 6.61 Å². The van der Waals surface area contributed by atoms with E-state index in [1.807, 2.05) is 24.3 Å². The summed E-state index contributed by atoms with van der Waals surface area (Å²) >= 11 is 0. The number of urea groups is 1. The van der Waals surface area contributed by atoms with E-state index in [4.69, 9.17) is 4.74 Å². The molecule has 0 aromatic heterocycles. The molecule has 0 saturated carbocycles. The van der Waals surface area contributed by atoms with Gasteiger partial charge in [-0.2, -0.15) is 0 Å². The highest BCUT2D eigenvalue weighted by Gasteiger charge is 2.45. The lowest BCUT2D eigenvalue weighted by molar-refractivity contribution is -0.151. The number of amides is 4. The molecule has 1 fully saturated rings. The number of fused-ring (bicyclic) bond motifs is 1. The van der Waals surface area contributed by atoms with Crippen molar-refractivity contribution in [1.29, 1.82) is 0 Å². The summed E-state index contributed by atoms with van der Waals surface area (Å²) in [5, 5.41) is 5.36.